The number of rotatable bonds is 4. The molecule has 9 heteroatoms. The summed E-state index contributed by atoms with van der Waals surface area (Å²) < 4.78 is 27.6. The second-order valence-electron chi connectivity index (χ2n) is 6.10. The molecule has 2 saturated heterocycles. The van der Waals surface area contributed by atoms with Gasteiger partial charge in [0.2, 0.25) is 0 Å². The Kier molecular flexibility index (Phi) is 4.65. The van der Waals surface area contributed by atoms with Gasteiger partial charge in [0.05, 0.1) is 13.7 Å². The lowest BCUT2D eigenvalue weighted by Crippen LogP contribution is -2.46. The third kappa shape index (κ3) is 3.50. The molecule has 2 fully saturated rings. The summed E-state index contributed by atoms with van der Waals surface area (Å²) in [7, 11) is 1.22. The van der Waals surface area contributed by atoms with Gasteiger partial charge in [-0.05, 0) is 33.2 Å². The standard InChI is InChI=1S/C13H21N3O6/c1-12(2)19-6-7(20-12)9-10(22-13(3,4)21-9)8(15-16-14)11(17)18-5/h7-10H,6H2,1-5H3/t7-,8?,9-,10-/m0/s1. The van der Waals surface area contributed by atoms with Gasteiger partial charge in [0.1, 0.15) is 18.3 Å². The number of nitrogens with zero attached hydrogens (tertiary/aromatic N) is 3. The van der Waals surface area contributed by atoms with Crippen LogP contribution in [-0.4, -0.2) is 55.6 Å². The van der Waals surface area contributed by atoms with Crippen LogP contribution in [0.4, 0.5) is 0 Å². The lowest BCUT2D eigenvalue weighted by molar-refractivity contribution is -0.175. The Morgan fingerprint density at radius 3 is 2.45 bits per heavy atom. The summed E-state index contributed by atoms with van der Waals surface area (Å²) in [6.45, 7) is 7.29. The zero-order valence-corrected chi connectivity index (χ0v) is 13.3. The fraction of sp³-hybridized carbons (Fsp3) is 0.923. The molecule has 0 aromatic rings. The Bertz CT molecular complexity index is 488. The molecule has 1 unspecified atom stereocenters. The van der Waals surface area contributed by atoms with Crippen molar-refractivity contribution in [1.29, 1.82) is 0 Å². The molecular formula is C13H21N3O6. The Labute approximate surface area is 128 Å². The quantitative estimate of drug-likeness (QED) is 0.336. The molecule has 0 amide bonds. The average Bonchev–Trinajstić information content (AvgIpc) is 2.94. The van der Waals surface area contributed by atoms with E-state index in [1.165, 1.54) is 7.11 Å². The number of carbonyl (C=O) groups excluding carboxylic acids is 1. The zero-order valence-electron chi connectivity index (χ0n) is 13.3. The van der Waals surface area contributed by atoms with E-state index < -0.39 is 41.9 Å². The minimum Gasteiger partial charge on any atom is -0.469 e. The molecule has 2 heterocycles. The van der Waals surface area contributed by atoms with Gasteiger partial charge in [-0.2, -0.15) is 0 Å². The van der Waals surface area contributed by atoms with Gasteiger partial charge in [-0.15, -0.1) is 0 Å². The predicted octanol–water partition coefficient (Wildman–Crippen LogP) is 1.51. The first kappa shape index (κ1) is 17.0. The lowest BCUT2D eigenvalue weighted by Gasteiger charge is -2.25. The molecule has 0 N–H and O–H groups in total. The highest BCUT2D eigenvalue weighted by molar-refractivity contribution is 5.76. The number of esters is 1. The van der Waals surface area contributed by atoms with Crippen LogP contribution in [0, 0.1) is 0 Å². The van der Waals surface area contributed by atoms with Gasteiger partial charge in [0, 0.05) is 4.91 Å². The normalized spacial score (nSPS) is 34.0. The molecule has 0 spiro atoms. The molecule has 2 rings (SSSR count). The molecule has 0 bridgehead atoms. The van der Waals surface area contributed by atoms with Crippen LogP contribution in [0.2, 0.25) is 0 Å². The van der Waals surface area contributed by atoms with Crippen molar-refractivity contribution in [3.63, 3.8) is 0 Å². The molecule has 2 aliphatic heterocycles. The van der Waals surface area contributed by atoms with Crippen molar-refractivity contribution in [2.24, 2.45) is 5.11 Å². The van der Waals surface area contributed by atoms with Gasteiger partial charge in [-0.3, -0.25) is 4.79 Å². The summed E-state index contributed by atoms with van der Waals surface area (Å²) in [5, 5.41) is 3.51. The van der Waals surface area contributed by atoms with Gasteiger partial charge in [0.15, 0.2) is 17.6 Å². The summed E-state index contributed by atoms with van der Waals surface area (Å²) in [6, 6.07) is -1.16. The molecule has 0 radical (unpaired) electrons. The summed E-state index contributed by atoms with van der Waals surface area (Å²) >= 11 is 0. The van der Waals surface area contributed by atoms with Gasteiger partial charge < -0.3 is 23.7 Å². The third-order valence-corrected chi connectivity index (χ3v) is 3.49. The molecule has 4 atom stereocenters. The van der Waals surface area contributed by atoms with E-state index in [1.807, 2.05) is 0 Å². The van der Waals surface area contributed by atoms with Crippen molar-refractivity contribution in [1.82, 2.24) is 0 Å². The molecule has 22 heavy (non-hydrogen) atoms. The maximum Gasteiger partial charge on any atom is 0.317 e. The van der Waals surface area contributed by atoms with E-state index >= 15 is 0 Å². The van der Waals surface area contributed by atoms with E-state index in [0.29, 0.717) is 0 Å². The summed E-state index contributed by atoms with van der Waals surface area (Å²) in [5.74, 6) is -2.37. The number of carbonyl (C=O) groups is 1. The summed E-state index contributed by atoms with van der Waals surface area (Å²) in [6.07, 6.45) is -1.88. The highest BCUT2D eigenvalue weighted by atomic mass is 16.8. The lowest BCUT2D eigenvalue weighted by atomic mass is 10.0. The molecule has 124 valence electrons. The number of ether oxygens (including phenoxy) is 5. The molecule has 9 nitrogen and oxygen atoms in total. The van der Waals surface area contributed by atoms with Crippen LogP contribution >= 0.6 is 0 Å². The predicted molar refractivity (Wildman–Crippen MR) is 73.7 cm³/mol. The van der Waals surface area contributed by atoms with E-state index in [4.69, 9.17) is 24.5 Å². The van der Waals surface area contributed by atoms with E-state index in [-0.39, 0.29) is 6.61 Å². The van der Waals surface area contributed by atoms with E-state index in [0.717, 1.165) is 0 Å². The first-order valence-electron chi connectivity index (χ1n) is 6.98. The van der Waals surface area contributed by atoms with Crippen LogP contribution in [0.5, 0.6) is 0 Å². The Hall–Kier alpha value is -1.38. The Morgan fingerprint density at radius 1 is 1.27 bits per heavy atom. The topological polar surface area (TPSA) is 112 Å². The Morgan fingerprint density at radius 2 is 1.95 bits per heavy atom. The number of hydrogen-bond acceptors (Lipinski definition) is 7. The van der Waals surface area contributed by atoms with Gasteiger partial charge in [0.25, 0.3) is 0 Å². The molecule has 0 saturated carbocycles. The minimum absolute atomic E-state index is 0.289. The fourth-order valence-electron chi connectivity index (χ4n) is 2.65. The van der Waals surface area contributed by atoms with Crippen LogP contribution in [0.3, 0.4) is 0 Å². The average molecular weight is 315 g/mol. The number of hydrogen-bond donors (Lipinski definition) is 0. The Balaban J connectivity index is 2.26. The van der Waals surface area contributed by atoms with E-state index in [9.17, 15) is 4.79 Å². The molecule has 2 aliphatic rings. The smallest absolute Gasteiger partial charge is 0.317 e. The fourth-order valence-corrected chi connectivity index (χ4v) is 2.65. The van der Waals surface area contributed by atoms with Crippen molar-refractivity contribution in [3.05, 3.63) is 10.4 Å². The van der Waals surface area contributed by atoms with E-state index in [2.05, 4.69) is 14.8 Å². The van der Waals surface area contributed by atoms with Crippen LogP contribution in [0.15, 0.2) is 5.11 Å². The second kappa shape index (κ2) is 6.02. The zero-order chi connectivity index (χ0) is 16.5. The van der Waals surface area contributed by atoms with Crippen LogP contribution in [-0.2, 0) is 28.5 Å². The highest BCUT2D eigenvalue weighted by Gasteiger charge is 2.53. The molecular weight excluding hydrogens is 294 g/mol. The maximum atomic E-state index is 11.9. The van der Waals surface area contributed by atoms with Crippen molar-refractivity contribution >= 4 is 5.97 Å². The first-order valence-corrected chi connectivity index (χ1v) is 6.98. The molecule has 0 aromatic heterocycles. The van der Waals surface area contributed by atoms with Crippen molar-refractivity contribution in [3.8, 4) is 0 Å². The minimum atomic E-state index is -1.16. The second-order valence-corrected chi connectivity index (χ2v) is 6.10. The summed E-state index contributed by atoms with van der Waals surface area (Å²) in [4.78, 5) is 14.6. The van der Waals surface area contributed by atoms with Crippen LogP contribution in [0.25, 0.3) is 10.4 Å². The largest absolute Gasteiger partial charge is 0.469 e. The number of azide groups is 1. The molecule has 0 aromatic carbocycles. The third-order valence-electron chi connectivity index (χ3n) is 3.49. The van der Waals surface area contributed by atoms with E-state index in [1.54, 1.807) is 27.7 Å². The highest BCUT2D eigenvalue weighted by Crippen LogP contribution is 2.37. The first-order chi connectivity index (χ1) is 10.2. The maximum absolute atomic E-state index is 11.9. The van der Waals surface area contributed by atoms with Crippen LogP contribution < -0.4 is 0 Å². The van der Waals surface area contributed by atoms with Crippen molar-refractivity contribution < 1.29 is 28.5 Å². The SMILES string of the molecule is COC(=O)C(N=[N+]=[N-])[C@@H]1OC(C)(C)O[C@H]1[C@@H]1COC(C)(C)O1. The van der Waals surface area contributed by atoms with Crippen LogP contribution in [0.1, 0.15) is 27.7 Å². The number of methoxy groups -OCH3 is 1. The van der Waals surface area contributed by atoms with Gasteiger partial charge >= 0.3 is 5.97 Å². The molecule has 0 aliphatic carbocycles. The monoisotopic (exact) mass is 315 g/mol. The van der Waals surface area contributed by atoms with Gasteiger partial charge in [-0.25, -0.2) is 0 Å². The summed E-state index contributed by atoms with van der Waals surface area (Å²) in [5.41, 5.74) is 8.70. The van der Waals surface area contributed by atoms with Crippen molar-refractivity contribution in [2.45, 2.75) is 63.6 Å². The van der Waals surface area contributed by atoms with Gasteiger partial charge in [-0.1, -0.05) is 5.11 Å². The van der Waals surface area contributed by atoms with Crippen molar-refractivity contribution in [2.75, 3.05) is 13.7 Å².